The molecule has 8 rings (SSSR count). The third-order valence-electron chi connectivity index (χ3n) is 10.5. The van der Waals surface area contributed by atoms with Crippen LogP contribution in [0.3, 0.4) is 0 Å². The number of anilines is 1. The summed E-state index contributed by atoms with van der Waals surface area (Å²) in [5.74, 6) is 2.93. The van der Waals surface area contributed by atoms with Gasteiger partial charge in [0.2, 0.25) is 0 Å². The van der Waals surface area contributed by atoms with Gasteiger partial charge in [0.05, 0.1) is 23.4 Å². The lowest BCUT2D eigenvalue weighted by atomic mass is 9.88. The highest BCUT2D eigenvalue weighted by atomic mass is 35.5. The van der Waals surface area contributed by atoms with Gasteiger partial charge >= 0.3 is 0 Å². The van der Waals surface area contributed by atoms with Crippen molar-refractivity contribution in [1.82, 2.24) is 24.1 Å². The van der Waals surface area contributed by atoms with Crippen LogP contribution in [0.2, 0.25) is 5.15 Å². The van der Waals surface area contributed by atoms with E-state index < -0.39 is 0 Å². The van der Waals surface area contributed by atoms with Crippen molar-refractivity contribution in [3.63, 3.8) is 0 Å². The van der Waals surface area contributed by atoms with Crippen molar-refractivity contribution >= 4 is 52.4 Å². The standard InChI is InChI=1S/C22H25N3O.C14H19NO.C8H7ClN2.ClH/c1-3-21(26)19-6-4-17(5-7-19)18-8-10-24(11-9-18)22-13-16(2)12-20-14-23-15-25(20)22;1-2-14(16)13-5-3-11(4-6-13)12-7-9-15-10-8-12;1-6-2-7-4-10-5-11(7)8(9)3-6;/h4-7,12-15,18H,3,8-11H2,1-2H3;3-6,12,15H,2,7-10H2,1H3;2-5H,1H3;1H. The molecule has 2 aliphatic heterocycles. The first-order valence-corrected chi connectivity index (χ1v) is 19.3. The van der Waals surface area contributed by atoms with E-state index in [1.165, 1.54) is 35.3 Å². The largest absolute Gasteiger partial charge is 0.358 e. The van der Waals surface area contributed by atoms with E-state index in [9.17, 15) is 9.59 Å². The Hall–Kier alpha value is -4.50. The van der Waals surface area contributed by atoms with Crippen LogP contribution < -0.4 is 10.2 Å². The summed E-state index contributed by atoms with van der Waals surface area (Å²) in [6.45, 7) is 12.3. The average Bonchev–Trinajstić information content (AvgIpc) is 3.88. The second-order valence-electron chi connectivity index (χ2n) is 14.2. The van der Waals surface area contributed by atoms with Crippen LogP contribution in [0.4, 0.5) is 5.82 Å². The fourth-order valence-corrected chi connectivity index (χ4v) is 7.72. The molecule has 0 aliphatic carbocycles. The van der Waals surface area contributed by atoms with Crippen molar-refractivity contribution in [2.45, 2.75) is 78.1 Å². The van der Waals surface area contributed by atoms with E-state index in [0.29, 0.717) is 29.8 Å². The van der Waals surface area contributed by atoms with Crippen LogP contribution in [0.1, 0.15) is 107 Å². The van der Waals surface area contributed by atoms with E-state index in [1.807, 2.05) is 74.1 Å². The van der Waals surface area contributed by atoms with Gasteiger partial charge in [0.25, 0.3) is 0 Å². The lowest BCUT2D eigenvalue weighted by Gasteiger charge is -2.34. The van der Waals surface area contributed by atoms with Crippen molar-refractivity contribution in [2.24, 2.45) is 0 Å². The van der Waals surface area contributed by atoms with E-state index >= 15 is 0 Å². The summed E-state index contributed by atoms with van der Waals surface area (Å²) in [7, 11) is 0. The monoisotopic (exact) mass is 766 g/mol. The zero-order valence-electron chi connectivity index (χ0n) is 31.8. The van der Waals surface area contributed by atoms with Gasteiger partial charge < -0.3 is 10.2 Å². The van der Waals surface area contributed by atoms with Crippen molar-refractivity contribution in [2.75, 3.05) is 31.1 Å². The Bertz CT molecular complexity index is 2130. The SMILES string of the molecule is CCC(=O)c1ccc(C2CCN(c3cc(C)cc4cncn34)CC2)cc1.CCC(=O)c1ccc(C2CCNCC2)cc1.Cc1cc(Cl)n2cncc2c1.Cl. The molecule has 2 saturated heterocycles. The van der Waals surface area contributed by atoms with Crippen LogP contribution in [0, 0.1) is 13.8 Å². The summed E-state index contributed by atoms with van der Waals surface area (Å²) in [4.78, 5) is 34.0. The number of aromatic nitrogens is 4. The van der Waals surface area contributed by atoms with Gasteiger partial charge in [-0.25, -0.2) is 9.97 Å². The molecule has 0 atom stereocenters. The maximum atomic E-state index is 11.8. The van der Waals surface area contributed by atoms with Gasteiger partial charge in [-0.2, -0.15) is 0 Å². The highest BCUT2D eigenvalue weighted by molar-refractivity contribution is 6.29. The number of nitrogens with zero attached hydrogens (tertiary/aromatic N) is 5. The number of aryl methyl sites for hydroxylation is 2. The number of carbonyl (C=O) groups is 2. The minimum absolute atomic E-state index is 0. The van der Waals surface area contributed by atoms with Gasteiger partial charge in [0.15, 0.2) is 11.6 Å². The Kier molecular flexibility index (Phi) is 14.5. The summed E-state index contributed by atoms with van der Waals surface area (Å²) >= 11 is 5.93. The topological polar surface area (TPSA) is 84.0 Å². The molecule has 0 amide bonds. The quantitative estimate of drug-likeness (QED) is 0.129. The Balaban J connectivity index is 0.000000170. The molecular formula is C44H52Cl2N6O2. The number of carbonyl (C=O) groups excluding carboxylic acids is 2. The molecule has 2 aliphatic rings. The molecule has 0 unspecified atom stereocenters. The van der Waals surface area contributed by atoms with Crippen molar-refractivity contribution < 1.29 is 9.59 Å². The number of benzene rings is 2. The zero-order valence-corrected chi connectivity index (χ0v) is 33.4. The van der Waals surface area contributed by atoms with Crippen LogP contribution in [0.5, 0.6) is 0 Å². The van der Waals surface area contributed by atoms with E-state index in [0.717, 1.165) is 66.7 Å². The average molecular weight is 768 g/mol. The van der Waals surface area contributed by atoms with Gasteiger partial charge in [-0.3, -0.25) is 18.4 Å². The van der Waals surface area contributed by atoms with Crippen molar-refractivity contribution in [1.29, 1.82) is 0 Å². The second-order valence-corrected chi connectivity index (χ2v) is 14.6. The molecule has 0 spiro atoms. The minimum atomic E-state index is 0. The highest BCUT2D eigenvalue weighted by Crippen LogP contribution is 2.32. The molecule has 0 saturated carbocycles. The van der Waals surface area contributed by atoms with E-state index in [4.69, 9.17) is 11.6 Å². The molecular weight excluding hydrogens is 715 g/mol. The van der Waals surface area contributed by atoms with Gasteiger partial charge in [0, 0.05) is 37.1 Å². The van der Waals surface area contributed by atoms with Gasteiger partial charge in [0.1, 0.15) is 23.6 Å². The van der Waals surface area contributed by atoms with Gasteiger partial charge in [-0.1, -0.05) is 74.0 Å². The number of fused-ring (bicyclic) bond motifs is 2. The zero-order chi connectivity index (χ0) is 37.3. The fraction of sp³-hybridized carbons (Fsp3) is 0.364. The Morgan fingerprint density at radius 2 is 1.15 bits per heavy atom. The molecule has 4 aromatic heterocycles. The number of imidazole rings is 2. The van der Waals surface area contributed by atoms with Crippen molar-refractivity contribution in [3.05, 3.63) is 136 Å². The van der Waals surface area contributed by atoms with Gasteiger partial charge in [-0.15, -0.1) is 12.4 Å². The molecule has 1 N–H and O–H groups in total. The third-order valence-corrected chi connectivity index (χ3v) is 10.8. The number of nitrogens with one attached hydrogen (secondary N) is 1. The maximum absolute atomic E-state index is 11.8. The molecule has 10 heteroatoms. The second kappa shape index (κ2) is 19.2. The third kappa shape index (κ3) is 9.97. The first-order valence-electron chi connectivity index (χ1n) is 19.0. The lowest BCUT2D eigenvalue weighted by molar-refractivity contribution is 0.0980. The van der Waals surface area contributed by atoms with Crippen LogP contribution >= 0.6 is 24.0 Å². The van der Waals surface area contributed by atoms with E-state index in [-0.39, 0.29) is 24.0 Å². The fourth-order valence-electron chi connectivity index (χ4n) is 7.41. The number of Topliss-reactive ketones (excluding diaryl/α,β-unsaturated/α-hetero) is 2. The highest BCUT2D eigenvalue weighted by Gasteiger charge is 2.23. The van der Waals surface area contributed by atoms with Crippen LogP contribution in [-0.2, 0) is 0 Å². The van der Waals surface area contributed by atoms with E-state index in [1.54, 1.807) is 12.5 Å². The number of hydrogen-bond donors (Lipinski definition) is 1. The maximum Gasteiger partial charge on any atom is 0.162 e. The minimum Gasteiger partial charge on any atom is -0.358 e. The van der Waals surface area contributed by atoms with Crippen molar-refractivity contribution in [3.8, 4) is 0 Å². The molecule has 8 nitrogen and oxygen atoms in total. The summed E-state index contributed by atoms with van der Waals surface area (Å²) in [5, 5.41) is 4.08. The number of halogens is 2. The molecule has 2 fully saturated rings. The summed E-state index contributed by atoms with van der Waals surface area (Å²) in [6, 6.07) is 24.8. The Labute approximate surface area is 330 Å². The molecule has 6 heterocycles. The molecule has 284 valence electrons. The van der Waals surface area contributed by atoms with E-state index in [2.05, 4.69) is 67.9 Å². The van der Waals surface area contributed by atoms with Crippen LogP contribution in [0.25, 0.3) is 11.0 Å². The molecule has 6 aromatic rings. The summed E-state index contributed by atoms with van der Waals surface area (Å²) < 4.78 is 4.02. The smallest absolute Gasteiger partial charge is 0.162 e. The number of piperidine rings is 2. The van der Waals surface area contributed by atoms with Crippen LogP contribution in [-0.4, -0.2) is 56.5 Å². The molecule has 0 bridgehead atoms. The lowest BCUT2D eigenvalue weighted by Crippen LogP contribution is -2.34. The first-order chi connectivity index (χ1) is 25.7. The van der Waals surface area contributed by atoms with Crippen LogP contribution in [0.15, 0.2) is 97.8 Å². The number of rotatable bonds is 7. The molecule has 54 heavy (non-hydrogen) atoms. The Morgan fingerprint density at radius 1 is 0.685 bits per heavy atom. The van der Waals surface area contributed by atoms with Gasteiger partial charge in [-0.05, 0) is 111 Å². The number of hydrogen-bond acceptors (Lipinski definition) is 6. The predicted octanol–water partition coefficient (Wildman–Crippen LogP) is 10.1. The number of pyridine rings is 2. The summed E-state index contributed by atoms with van der Waals surface area (Å²) in [6.07, 6.45) is 13.2. The predicted molar refractivity (Wildman–Crippen MR) is 223 cm³/mol. The first kappa shape index (κ1) is 40.7. The Morgan fingerprint density at radius 3 is 1.67 bits per heavy atom. The summed E-state index contributed by atoms with van der Waals surface area (Å²) in [5.41, 5.74) is 9.03. The number of ketones is 2. The molecule has 2 aromatic carbocycles. The molecule has 0 radical (unpaired) electrons. The normalized spacial score (nSPS) is 14.8.